The molecule has 0 atom stereocenters. The molecule has 0 spiro atoms. The molecule has 0 saturated carbocycles. The highest BCUT2D eigenvalue weighted by Gasteiger charge is 2.30. The second kappa shape index (κ2) is 9.00. The topological polar surface area (TPSA) is 52.6 Å². The van der Waals surface area contributed by atoms with Crippen LogP contribution in [0.25, 0.3) is 17.2 Å². The first kappa shape index (κ1) is 21.7. The SMILES string of the molecule is Cc1c(OC(=O)c2ccccc2Cl)ccc2c1O/C(=C\c1ccc(-c3ccccc3)cc1)C2=O. The highest BCUT2D eigenvalue weighted by Crippen LogP contribution is 2.39. The van der Waals surface area contributed by atoms with Crippen LogP contribution in [0.2, 0.25) is 5.02 Å². The Hall–Kier alpha value is -4.15. The van der Waals surface area contributed by atoms with Gasteiger partial charge in [0, 0.05) is 5.56 Å². The number of hydrogen-bond acceptors (Lipinski definition) is 4. The van der Waals surface area contributed by atoms with E-state index in [9.17, 15) is 9.59 Å². The molecule has 4 aromatic rings. The third kappa shape index (κ3) is 4.12. The zero-order chi connectivity index (χ0) is 23.7. The molecule has 34 heavy (non-hydrogen) atoms. The predicted molar refractivity (Wildman–Crippen MR) is 132 cm³/mol. The lowest BCUT2D eigenvalue weighted by molar-refractivity contribution is 0.0733. The van der Waals surface area contributed by atoms with E-state index in [-0.39, 0.29) is 17.1 Å². The third-order valence-corrected chi connectivity index (χ3v) is 5.98. The molecule has 166 valence electrons. The molecule has 0 radical (unpaired) electrons. The molecule has 0 aromatic heterocycles. The number of esters is 1. The van der Waals surface area contributed by atoms with E-state index in [1.807, 2.05) is 54.6 Å². The summed E-state index contributed by atoms with van der Waals surface area (Å²) in [7, 11) is 0. The fourth-order valence-electron chi connectivity index (χ4n) is 3.81. The molecule has 4 nitrogen and oxygen atoms in total. The molecule has 0 N–H and O–H groups in total. The average Bonchev–Trinajstić information content (AvgIpc) is 3.18. The van der Waals surface area contributed by atoms with Gasteiger partial charge >= 0.3 is 5.97 Å². The molecular formula is C29H19ClO4. The van der Waals surface area contributed by atoms with E-state index in [1.54, 1.807) is 49.4 Å². The number of benzene rings is 4. The summed E-state index contributed by atoms with van der Waals surface area (Å²) in [6, 6.07) is 27.8. The smallest absolute Gasteiger partial charge is 0.345 e. The number of hydrogen-bond donors (Lipinski definition) is 0. The van der Waals surface area contributed by atoms with Crippen molar-refractivity contribution in [2.24, 2.45) is 0 Å². The molecule has 0 amide bonds. The van der Waals surface area contributed by atoms with E-state index < -0.39 is 5.97 Å². The van der Waals surface area contributed by atoms with Crippen molar-refractivity contribution in [2.45, 2.75) is 6.92 Å². The number of allylic oxidation sites excluding steroid dienone is 1. The Balaban J connectivity index is 1.38. The van der Waals surface area contributed by atoms with Crippen LogP contribution in [-0.2, 0) is 0 Å². The second-order valence-corrected chi connectivity index (χ2v) is 8.27. The van der Waals surface area contributed by atoms with Gasteiger partial charge in [0.2, 0.25) is 5.78 Å². The molecule has 4 aromatic carbocycles. The van der Waals surface area contributed by atoms with Gasteiger partial charge in [-0.05, 0) is 54.0 Å². The molecule has 0 aliphatic carbocycles. The van der Waals surface area contributed by atoms with Gasteiger partial charge in [-0.15, -0.1) is 0 Å². The lowest BCUT2D eigenvalue weighted by Crippen LogP contribution is -2.10. The normalized spacial score (nSPS) is 13.5. The van der Waals surface area contributed by atoms with Gasteiger partial charge < -0.3 is 9.47 Å². The van der Waals surface area contributed by atoms with Crippen molar-refractivity contribution in [2.75, 3.05) is 0 Å². The van der Waals surface area contributed by atoms with Crippen LogP contribution in [0, 0.1) is 6.92 Å². The van der Waals surface area contributed by atoms with Gasteiger partial charge in [0.15, 0.2) is 5.76 Å². The van der Waals surface area contributed by atoms with Crippen LogP contribution in [0.15, 0.2) is 96.8 Å². The first-order valence-corrected chi connectivity index (χ1v) is 11.1. The van der Waals surface area contributed by atoms with Crippen molar-refractivity contribution in [3.8, 4) is 22.6 Å². The van der Waals surface area contributed by atoms with Crippen LogP contribution in [-0.4, -0.2) is 11.8 Å². The average molecular weight is 467 g/mol. The Labute approximate surface area is 202 Å². The molecule has 0 unspecified atom stereocenters. The molecule has 5 heteroatoms. The summed E-state index contributed by atoms with van der Waals surface area (Å²) in [6.07, 6.45) is 1.71. The molecule has 1 heterocycles. The van der Waals surface area contributed by atoms with Gasteiger partial charge in [-0.3, -0.25) is 4.79 Å². The summed E-state index contributed by atoms with van der Waals surface area (Å²) >= 11 is 6.10. The van der Waals surface area contributed by atoms with E-state index in [0.29, 0.717) is 27.6 Å². The van der Waals surface area contributed by atoms with Crippen LogP contribution in [0.3, 0.4) is 0 Å². The minimum Gasteiger partial charge on any atom is -0.452 e. The van der Waals surface area contributed by atoms with Crippen molar-refractivity contribution >= 4 is 29.4 Å². The van der Waals surface area contributed by atoms with Crippen molar-refractivity contribution in [3.05, 3.63) is 124 Å². The van der Waals surface area contributed by atoms with Crippen molar-refractivity contribution < 1.29 is 19.1 Å². The Morgan fingerprint density at radius 2 is 1.53 bits per heavy atom. The minimum atomic E-state index is -0.577. The quantitative estimate of drug-likeness (QED) is 0.182. The summed E-state index contributed by atoms with van der Waals surface area (Å²) in [5.74, 6) is 0.133. The van der Waals surface area contributed by atoms with E-state index in [1.165, 1.54) is 0 Å². The first-order chi connectivity index (χ1) is 16.5. The Kier molecular flexibility index (Phi) is 5.74. The predicted octanol–water partition coefficient (Wildman–Crippen LogP) is 7.15. The molecule has 0 saturated heterocycles. The highest BCUT2D eigenvalue weighted by molar-refractivity contribution is 6.33. The maximum Gasteiger partial charge on any atom is 0.345 e. The fourth-order valence-corrected chi connectivity index (χ4v) is 4.03. The van der Waals surface area contributed by atoms with Crippen molar-refractivity contribution in [3.63, 3.8) is 0 Å². The van der Waals surface area contributed by atoms with E-state index >= 15 is 0 Å². The number of rotatable bonds is 4. The molecule has 1 aliphatic heterocycles. The van der Waals surface area contributed by atoms with E-state index in [4.69, 9.17) is 21.1 Å². The van der Waals surface area contributed by atoms with Gasteiger partial charge in [-0.2, -0.15) is 0 Å². The largest absolute Gasteiger partial charge is 0.452 e. The van der Waals surface area contributed by atoms with Crippen LogP contribution in [0.1, 0.15) is 31.8 Å². The van der Waals surface area contributed by atoms with Crippen molar-refractivity contribution in [1.29, 1.82) is 0 Å². The lowest BCUT2D eigenvalue weighted by atomic mass is 10.0. The molecular weight excluding hydrogens is 448 g/mol. The number of fused-ring (bicyclic) bond motifs is 1. The number of ether oxygens (including phenoxy) is 2. The summed E-state index contributed by atoms with van der Waals surface area (Å²) in [4.78, 5) is 25.5. The monoisotopic (exact) mass is 466 g/mol. The Morgan fingerprint density at radius 1 is 0.853 bits per heavy atom. The number of ketones is 1. The van der Waals surface area contributed by atoms with Gasteiger partial charge in [-0.1, -0.05) is 78.3 Å². The van der Waals surface area contributed by atoms with Gasteiger partial charge in [-0.25, -0.2) is 4.79 Å². The number of carbonyl (C=O) groups is 2. The number of carbonyl (C=O) groups excluding carboxylic acids is 2. The van der Waals surface area contributed by atoms with Gasteiger partial charge in [0.25, 0.3) is 0 Å². The highest BCUT2D eigenvalue weighted by atomic mass is 35.5. The lowest BCUT2D eigenvalue weighted by Gasteiger charge is -2.10. The zero-order valence-corrected chi connectivity index (χ0v) is 19.0. The summed E-state index contributed by atoms with van der Waals surface area (Å²) in [6.45, 7) is 1.75. The van der Waals surface area contributed by atoms with Crippen LogP contribution < -0.4 is 9.47 Å². The Bertz CT molecular complexity index is 1440. The number of halogens is 1. The summed E-state index contributed by atoms with van der Waals surface area (Å²) in [5.41, 5.74) is 4.32. The third-order valence-electron chi connectivity index (χ3n) is 5.65. The molecule has 1 aliphatic rings. The standard InChI is InChI=1S/C29H19ClO4/c1-18-25(34-29(32)22-9-5-6-10-24(22)30)16-15-23-27(31)26(33-28(18)23)17-19-11-13-21(14-12-19)20-7-3-2-4-8-20/h2-17H,1H3/b26-17-. The van der Waals surface area contributed by atoms with Crippen molar-refractivity contribution in [1.82, 2.24) is 0 Å². The second-order valence-electron chi connectivity index (χ2n) is 7.86. The van der Waals surface area contributed by atoms with Gasteiger partial charge in [0.05, 0.1) is 16.1 Å². The van der Waals surface area contributed by atoms with Crippen LogP contribution in [0.5, 0.6) is 11.5 Å². The molecule has 0 fully saturated rings. The van der Waals surface area contributed by atoms with Crippen LogP contribution >= 0.6 is 11.6 Å². The Morgan fingerprint density at radius 3 is 2.26 bits per heavy atom. The first-order valence-electron chi connectivity index (χ1n) is 10.7. The van der Waals surface area contributed by atoms with Crippen LogP contribution in [0.4, 0.5) is 0 Å². The summed E-state index contributed by atoms with van der Waals surface area (Å²) < 4.78 is 11.5. The van der Waals surface area contributed by atoms with Gasteiger partial charge in [0.1, 0.15) is 11.5 Å². The summed E-state index contributed by atoms with van der Waals surface area (Å²) in [5, 5.41) is 0.307. The maximum absolute atomic E-state index is 12.9. The maximum atomic E-state index is 12.9. The molecule has 5 rings (SSSR count). The minimum absolute atomic E-state index is 0.214. The van der Waals surface area contributed by atoms with E-state index in [0.717, 1.165) is 16.7 Å². The van der Waals surface area contributed by atoms with E-state index in [2.05, 4.69) is 0 Å². The number of Topliss-reactive ketones (excluding diaryl/α,β-unsaturated/α-hetero) is 1. The molecule has 0 bridgehead atoms. The zero-order valence-electron chi connectivity index (χ0n) is 18.2. The fraction of sp³-hybridized carbons (Fsp3) is 0.0345.